The predicted molar refractivity (Wildman–Crippen MR) is 85.7 cm³/mol. The van der Waals surface area contributed by atoms with E-state index < -0.39 is 0 Å². The molecule has 6 nitrogen and oxygen atoms in total. The Labute approximate surface area is 129 Å². The van der Waals surface area contributed by atoms with Crippen molar-refractivity contribution in [1.29, 1.82) is 0 Å². The third-order valence-electron chi connectivity index (χ3n) is 3.46. The van der Waals surface area contributed by atoms with Gasteiger partial charge in [-0.25, -0.2) is 0 Å². The van der Waals surface area contributed by atoms with E-state index in [4.69, 9.17) is 4.74 Å². The summed E-state index contributed by atoms with van der Waals surface area (Å²) in [4.78, 5) is 28.7. The lowest BCUT2D eigenvalue weighted by Crippen LogP contribution is -2.28. The molecule has 2 N–H and O–H groups in total. The fraction of sp³-hybridized carbons (Fsp3) is 0.375. The predicted octanol–water partition coefficient (Wildman–Crippen LogP) is 1.67. The highest BCUT2D eigenvalue weighted by Crippen LogP contribution is 2.25. The number of benzene rings is 1. The summed E-state index contributed by atoms with van der Waals surface area (Å²) in [5, 5.41) is 3.52. The Bertz CT molecular complexity index is 677. The first-order chi connectivity index (χ1) is 10.6. The van der Waals surface area contributed by atoms with E-state index in [2.05, 4.69) is 15.2 Å². The van der Waals surface area contributed by atoms with Crippen molar-refractivity contribution in [3.8, 4) is 5.75 Å². The molecule has 0 atom stereocenters. The number of ether oxygens (including phenoxy) is 1. The fourth-order valence-electron chi connectivity index (χ4n) is 2.31. The van der Waals surface area contributed by atoms with Crippen molar-refractivity contribution in [2.75, 3.05) is 34.3 Å². The standard InChI is InChI=1S/C16H21N3O3/c1-19(2)8-4-7-17-16(21)15-13(10-20)12-9-11(22-3)5-6-14(12)18-15/h5-6,9-10,18H,4,7-8H2,1-3H3,(H,17,21). The van der Waals surface area contributed by atoms with Crippen molar-refractivity contribution in [3.63, 3.8) is 0 Å². The molecule has 0 bridgehead atoms. The summed E-state index contributed by atoms with van der Waals surface area (Å²) >= 11 is 0. The van der Waals surface area contributed by atoms with Crippen molar-refractivity contribution in [3.05, 3.63) is 29.5 Å². The molecule has 1 aromatic carbocycles. The highest BCUT2D eigenvalue weighted by molar-refractivity contribution is 6.09. The maximum Gasteiger partial charge on any atom is 0.268 e. The molecule has 1 amide bonds. The number of H-pyrrole nitrogens is 1. The molecule has 118 valence electrons. The molecule has 0 fully saturated rings. The number of aromatic nitrogens is 1. The van der Waals surface area contributed by atoms with Gasteiger partial charge in [0.1, 0.15) is 11.4 Å². The number of nitrogens with zero attached hydrogens (tertiary/aromatic N) is 1. The largest absolute Gasteiger partial charge is 0.497 e. The van der Waals surface area contributed by atoms with E-state index in [-0.39, 0.29) is 5.91 Å². The van der Waals surface area contributed by atoms with Crippen LogP contribution in [0, 0.1) is 0 Å². The highest BCUT2D eigenvalue weighted by atomic mass is 16.5. The number of amides is 1. The molecule has 0 saturated heterocycles. The van der Waals surface area contributed by atoms with Crippen LogP contribution in [0.4, 0.5) is 0 Å². The van der Waals surface area contributed by atoms with E-state index in [1.165, 1.54) is 0 Å². The smallest absolute Gasteiger partial charge is 0.268 e. The number of carbonyl (C=O) groups is 2. The van der Waals surface area contributed by atoms with Crippen LogP contribution < -0.4 is 10.1 Å². The van der Waals surface area contributed by atoms with E-state index in [1.54, 1.807) is 25.3 Å². The number of hydrogen-bond donors (Lipinski definition) is 2. The molecule has 1 heterocycles. The van der Waals surface area contributed by atoms with Crippen LogP contribution in [-0.4, -0.2) is 56.4 Å². The number of fused-ring (bicyclic) bond motifs is 1. The van der Waals surface area contributed by atoms with Gasteiger partial charge in [0.15, 0.2) is 6.29 Å². The molecular weight excluding hydrogens is 282 g/mol. The van der Waals surface area contributed by atoms with E-state index >= 15 is 0 Å². The molecule has 0 aliphatic rings. The number of aldehydes is 1. The summed E-state index contributed by atoms with van der Waals surface area (Å²) < 4.78 is 5.16. The topological polar surface area (TPSA) is 74.4 Å². The summed E-state index contributed by atoms with van der Waals surface area (Å²) in [7, 11) is 5.53. The van der Waals surface area contributed by atoms with Crippen LogP contribution in [0.2, 0.25) is 0 Å². The Morgan fingerprint density at radius 1 is 1.41 bits per heavy atom. The molecule has 0 spiro atoms. The van der Waals surface area contributed by atoms with Crippen molar-refractivity contribution in [2.45, 2.75) is 6.42 Å². The zero-order valence-corrected chi connectivity index (χ0v) is 13.1. The Hall–Kier alpha value is -2.34. The Morgan fingerprint density at radius 2 is 2.18 bits per heavy atom. The maximum atomic E-state index is 12.2. The summed E-state index contributed by atoms with van der Waals surface area (Å²) in [5.41, 5.74) is 1.39. The Kier molecular flexibility index (Phi) is 5.16. The van der Waals surface area contributed by atoms with E-state index in [0.717, 1.165) is 18.5 Å². The number of carbonyl (C=O) groups excluding carboxylic acids is 2. The molecule has 22 heavy (non-hydrogen) atoms. The number of hydrogen-bond acceptors (Lipinski definition) is 4. The normalized spacial score (nSPS) is 10.9. The van der Waals surface area contributed by atoms with Gasteiger partial charge in [0.05, 0.1) is 12.7 Å². The molecule has 1 aromatic heterocycles. The lowest BCUT2D eigenvalue weighted by atomic mass is 10.1. The number of rotatable bonds is 7. The lowest BCUT2D eigenvalue weighted by molar-refractivity contribution is 0.0943. The van der Waals surface area contributed by atoms with Gasteiger partial charge in [-0.1, -0.05) is 0 Å². The van der Waals surface area contributed by atoms with Crippen LogP contribution >= 0.6 is 0 Å². The third kappa shape index (κ3) is 3.46. The first-order valence-corrected chi connectivity index (χ1v) is 7.14. The van der Waals surface area contributed by atoms with Crippen molar-refractivity contribution in [1.82, 2.24) is 15.2 Å². The average molecular weight is 303 g/mol. The van der Waals surface area contributed by atoms with Crippen molar-refractivity contribution in [2.24, 2.45) is 0 Å². The summed E-state index contributed by atoms with van der Waals surface area (Å²) in [6.07, 6.45) is 1.55. The van der Waals surface area contributed by atoms with Crippen LogP contribution in [0.15, 0.2) is 18.2 Å². The van der Waals surface area contributed by atoms with E-state index in [9.17, 15) is 9.59 Å². The third-order valence-corrected chi connectivity index (χ3v) is 3.46. The second kappa shape index (κ2) is 7.09. The summed E-state index contributed by atoms with van der Waals surface area (Å²) in [5.74, 6) is 0.378. The maximum absolute atomic E-state index is 12.2. The number of methoxy groups -OCH3 is 1. The zero-order valence-electron chi connectivity index (χ0n) is 13.1. The van der Waals surface area contributed by atoms with E-state index in [1.807, 2.05) is 14.1 Å². The minimum atomic E-state index is -0.268. The molecule has 2 aromatic rings. The van der Waals surface area contributed by atoms with Crippen molar-refractivity contribution < 1.29 is 14.3 Å². The molecule has 2 rings (SSSR count). The molecule has 0 aliphatic carbocycles. The summed E-state index contributed by atoms with van der Waals surface area (Å²) in [6, 6.07) is 5.33. The quantitative estimate of drug-likeness (QED) is 0.603. The van der Waals surface area contributed by atoms with Crippen LogP contribution in [0.5, 0.6) is 5.75 Å². The lowest BCUT2D eigenvalue weighted by Gasteiger charge is -2.09. The minimum absolute atomic E-state index is 0.268. The highest BCUT2D eigenvalue weighted by Gasteiger charge is 2.17. The van der Waals surface area contributed by atoms with Gasteiger partial charge in [0.2, 0.25) is 0 Å². The Morgan fingerprint density at radius 3 is 2.82 bits per heavy atom. The first-order valence-electron chi connectivity index (χ1n) is 7.14. The molecule has 0 unspecified atom stereocenters. The molecular formula is C16H21N3O3. The molecule has 6 heteroatoms. The van der Waals surface area contributed by atoms with Gasteiger partial charge >= 0.3 is 0 Å². The fourth-order valence-corrected chi connectivity index (χ4v) is 2.31. The first kappa shape index (κ1) is 16.0. The van der Waals surface area contributed by atoms with Gasteiger partial charge in [-0.15, -0.1) is 0 Å². The SMILES string of the molecule is COc1ccc2[nH]c(C(=O)NCCCN(C)C)c(C=O)c2c1. The van der Waals surface area contributed by atoms with Gasteiger partial charge in [-0.3, -0.25) is 9.59 Å². The van der Waals surface area contributed by atoms with Crippen LogP contribution in [0.25, 0.3) is 10.9 Å². The van der Waals surface area contributed by atoms with Crippen LogP contribution in [0.3, 0.4) is 0 Å². The number of nitrogens with one attached hydrogen (secondary N) is 2. The second-order valence-electron chi connectivity index (χ2n) is 5.36. The zero-order chi connectivity index (χ0) is 16.1. The van der Waals surface area contributed by atoms with Gasteiger partial charge in [-0.05, 0) is 45.3 Å². The van der Waals surface area contributed by atoms with Crippen LogP contribution in [-0.2, 0) is 0 Å². The monoisotopic (exact) mass is 303 g/mol. The van der Waals surface area contributed by atoms with Crippen molar-refractivity contribution >= 4 is 23.1 Å². The van der Waals surface area contributed by atoms with Gasteiger partial charge in [0, 0.05) is 17.4 Å². The number of aromatic amines is 1. The second-order valence-corrected chi connectivity index (χ2v) is 5.36. The molecule has 0 radical (unpaired) electrons. The summed E-state index contributed by atoms with van der Waals surface area (Å²) in [6.45, 7) is 1.46. The molecule has 0 saturated carbocycles. The van der Waals surface area contributed by atoms with Gasteiger partial charge in [0.25, 0.3) is 5.91 Å². The van der Waals surface area contributed by atoms with Gasteiger partial charge < -0.3 is 19.9 Å². The Balaban J connectivity index is 2.19. The average Bonchev–Trinajstić information content (AvgIpc) is 2.88. The van der Waals surface area contributed by atoms with Crippen LogP contribution in [0.1, 0.15) is 27.3 Å². The molecule has 0 aliphatic heterocycles. The van der Waals surface area contributed by atoms with Gasteiger partial charge in [-0.2, -0.15) is 0 Å². The van der Waals surface area contributed by atoms with E-state index in [0.29, 0.717) is 35.2 Å². The minimum Gasteiger partial charge on any atom is -0.497 e.